The van der Waals surface area contributed by atoms with E-state index < -0.39 is 0 Å². The molecule has 3 aromatic rings. The number of benzene rings is 1. The van der Waals surface area contributed by atoms with Gasteiger partial charge in [-0.15, -0.1) is 0 Å². The molecule has 0 aliphatic rings. The minimum absolute atomic E-state index is 0.0144. The molecule has 1 unspecified atom stereocenters. The van der Waals surface area contributed by atoms with Crippen molar-refractivity contribution in [3.05, 3.63) is 53.8 Å². The Morgan fingerprint density at radius 3 is 2.78 bits per heavy atom. The van der Waals surface area contributed by atoms with Crippen LogP contribution in [-0.2, 0) is 11.3 Å². The van der Waals surface area contributed by atoms with Crippen LogP contribution >= 0.6 is 11.6 Å². The first-order valence-corrected chi connectivity index (χ1v) is 7.73. The van der Waals surface area contributed by atoms with Gasteiger partial charge in [0.05, 0.1) is 29.2 Å². The predicted molar refractivity (Wildman–Crippen MR) is 91.6 cm³/mol. The summed E-state index contributed by atoms with van der Waals surface area (Å²) in [4.78, 5) is 18.3. The molecule has 0 saturated heterocycles. The van der Waals surface area contributed by atoms with Crippen LogP contribution in [-0.4, -0.2) is 27.7 Å². The number of anilines is 1. The Kier molecular flexibility index (Phi) is 4.30. The van der Waals surface area contributed by atoms with Crippen molar-refractivity contribution in [1.82, 2.24) is 14.8 Å². The highest BCUT2D eigenvalue weighted by Gasteiger charge is 2.21. The van der Waals surface area contributed by atoms with Crippen molar-refractivity contribution in [2.45, 2.75) is 13.5 Å². The molecule has 3 rings (SSSR count). The maximum Gasteiger partial charge on any atom is 0.232 e. The van der Waals surface area contributed by atoms with Crippen LogP contribution in [0.3, 0.4) is 0 Å². The molecule has 5 nitrogen and oxygen atoms in total. The Morgan fingerprint density at radius 2 is 2.04 bits per heavy atom. The molecule has 118 valence electrons. The fourth-order valence-corrected chi connectivity index (χ4v) is 2.63. The second-order valence-electron chi connectivity index (χ2n) is 5.52. The molecule has 0 radical (unpaired) electrons. The Balaban J connectivity index is 1.75. The van der Waals surface area contributed by atoms with Gasteiger partial charge in [-0.1, -0.05) is 36.7 Å². The summed E-state index contributed by atoms with van der Waals surface area (Å²) in [6, 6.07) is 11.4. The van der Waals surface area contributed by atoms with Gasteiger partial charge in [-0.3, -0.25) is 14.4 Å². The molecule has 1 amide bonds. The molecular weight excluding hydrogens is 312 g/mol. The van der Waals surface area contributed by atoms with E-state index >= 15 is 0 Å². The Labute approximate surface area is 139 Å². The van der Waals surface area contributed by atoms with Crippen molar-refractivity contribution < 1.29 is 4.79 Å². The van der Waals surface area contributed by atoms with E-state index in [0.717, 1.165) is 10.9 Å². The molecule has 2 heterocycles. The monoisotopic (exact) mass is 328 g/mol. The zero-order valence-corrected chi connectivity index (χ0v) is 13.7. The largest absolute Gasteiger partial charge is 0.300 e. The average molecular weight is 329 g/mol. The molecule has 0 aliphatic carbocycles. The van der Waals surface area contributed by atoms with Gasteiger partial charge >= 0.3 is 0 Å². The normalized spacial score (nSPS) is 12.3. The average Bonchev–Trinajstić information content (AvgIpc) is 2.97. The van der Waals surface area contributed by atoms with E-state index in [1.165, 1.54) is 6.20 Å². The van der Waals surface area contributed by atoms with Gasteiger partial charge < -0.3 is 0 Å². The number of carbonyl (C=O) groups is 1. The molecule has 1 atom stereocenters. The van der Waals surface area contributed by atoms with Crippen LogP contribution in [0, 0.1) is 5.92 Å². The number of nitrogens with zero attached hydrogens (tertiary/aromatic N) is 4. The van der Waals surface area contributed by atoms with Gasteiger partial charge in [0.1, 0.15) is 5.82 Å². The summed E-state index contributed by atoms with van der Waals surface area (Å²) < 4.78 is 1.86. The summed E-state index contributed by atoms with van der Waals surface area (Å²) in [5, 5.41) is 5.99. The maximum absolute atomic E-state index is 12.6. The third-order valence-electron chi connectivity index (χ3n) is 3.81. The molecule has 0 fully saturated rings. The van der Waals surface area contributed by atoms with Crippen molar-refractivity contribution in [3.8, 4) is 0 Å². The van der Waals surface area contributed by atoms with Crippen LogP contribution in [0.15, 0.2) is 48.8 Å². The zero-order chi connectivity index (χ0) is 16.4. The molecule has 0 spiro atoms. The third kappa shape index (κ3) is 3.19. The summed E-state index contributed by atoms with van der Waals surface area (Å²) >= 11 is 5.83. The number of halogens is 1. The van der Waals surface area contributed by atoms with Crippen LogP contribution in [0.5, 0.6) is 0 Å². The first-order chi connectivity index (χ1) is 11.1. The Bertz CT molecular complexity index is 828. The Hall–Kier alpha value is -2.40. The van der Waals surface area contributed by atoms with Gasteiger partial charge in [0, 0.05) is 18.6 Å². The SMILES string of the molecule is CC(Cn1ncc2ccccc21)C(=O)N(C)c1ccc(Cl)cn1. The number of para-hydroxylation sites is 1. The van der Waals surface area contributed by atoms with E-state index in [0.29, 0.717) is 17.4 Å². The van der Waals surface area contributed by atoms with Gasteiger partial charge in [0.15, 0.2) is 0 Å². The highest BCUT2D eigenvalue weighted by molar-refractivity contribution is 6.30. The smallest absolute Gasteiger partial charge is 0.232 e. The summed E-state index contributed by atoms with van der Waals surface area (Å²) in [6.45, 7) is 2.41. The molecular formula is C17H17ClN4O. The number of hydrogen-bond donors (Lipinski definition) is 0. The van der Waals surface area contributed by atoms with Gasteiger partial charge in [0.2, 0.25) is 5.91 Å². The highest BCUT2D eigenvalue weighted by atomic mass is 35.5. The quantitative estimate of drug-likeness (QED) is 0.737. The molecule has 1 aromatic carbocycles. The minimum atomic E-state index is -0.221. The number of aromatic nitrogens is 3. The first-order valence-electron chi connectivity index (χ1n) is 7.36. The van der Waals surface area contributed by atoms with Gasteiger partial charge in [-0.25, -0.2) is 4.98 Å². The lowest BCUT2D eigenvalue weighted by molar-refractivity contribution is -0.122. The number of fused-ring (bicyclic) bond motifs is 1. The molecule has 2 aromatic heterocycles. The van der Waals surface area contributed by atoms with Gasteiger partial charge in [-0.2, -0.15) is 5.10 Å². The van der Waals surface area contributed by atoms with E-state index in [2.05, 4.69) is 10.1 Å². The molecule has 6 heteroatoms. The lowest BCUT2D eigenvalue weighted by Crippen LogP contribution is -2.34. The van der Waals surface area contributed by atoms with Crippen LogP contribution < -0.4 is 4.90 Å². The van der Waals surface area contributed by atoms with Crippen LogP contribution in [0.1, 0.15) is 6.92 Å². The molecule has 0 bridgehead atoms. The van der Waals surface area contributed by atoms with Crippen molar-refractivity contribution in [2.24, 2.45) is 5.92 Å². The highest BCUT2D eigenvalue weighted by Crippen LogP contribution is 2.18. The van der Waals surface area contributed by atoms with E-state index in [-0.39, 0.29) is 11.8 Å². The van der Waals surface area contributed by atoms with Crippen molar-refractivity contribution in [1.29, 1.82) is 0 Å². The second kappa shape index (κ2) is 6.38. The van der Waals surface area contributed by atoms with E-state index in [4.69, 9.17) is 11.6 Å². The lowest BCUT2D eigenvalue weighted by Gasteiger charge is -2.20. The van der Waals surface area contributed by atoms with Gasteiger partial charge in [0.25, 0.3) is 0 Å². The van der Waals surface area contributed by atoms with Crippen LogP contribution in [0.4, 0.5) is 5.82 Å². The number of hydrogen-bond acceptors (Lipinski definition) is 3. The number of rotatable bonds is 4. The maximum atomic E-state index is 12.6. The third-order valence-corrected chi connectivity index (χ3v) is 4.03. The molecule has 23 heavy (non-hydrogen) atoms. The zero-order valence-electron chi connectivity index (χ0n) is 13.0. The summed E-state index contributed by atoms with van der Waals surface area (Å²) in [5.74, 6) is 0.344. The topological polar surface area (TPSA) is 51.0 Å². The minimum Gasteiger partial charge on any atom is -0.300 e. The van der Waals surface area contributed by atoms with E-state index in [1.54, 1.807) is 24.1 Å². The Morgan fingerprint density at radius 1 is 1.26 bits per heavy atom. The molecule has 0 saturated carbocycles. The fraction of sp³-hybridized carbons (Fsp3) is 0.235. The van der Waals surface area contributed by atoms with Gasteiger partial charge in [-0.05, 0) is 18.2 Å². The lowest BCUT2D eigenvalue weighted by atomic mass is 10.1. The van der Waals surface area contributed by atoms with Crippen LogP contribution in [0.2, 0.25) is 5.02 Å². The van der Waals surface area contributed by atoms with Crippen molar-refractivity contribution >= 4 is 34.2 Å². The number of carbonyl (C=O) groups excluding carboxylic acids is 1. The second-order valence-corrected chi connectivity index (χ2v) is 5.95. The van der Waals surface area contributed by atoms with E-state index in [9.17, 15) is 4.79 Å². The number of pyridine rings is 1. The van der Waals surface area contributed by atoms with Crippen LogP contribution in [0.25, 0.3) is 10.9 Å². The molecule has 0 N–H and O–H groups in total. The molecule has 0 aliphatic heterocycles. The number of amides is 1. The standard InChI is InChI=1S/C17H17ClN4O/c1-12(11-22-15-6-4-3-5-13(15)9-20-22)17(23)21(2)16-8-7-14(18)10-19-16/h3-10,12H,11H2,1-2H3. The van der Waals surface area contributed by atoms with Crippen molar-refractivity contribution in [2.75, 3.05) is 11.9 Å². The fourth-order valence-electron chi connectivity index (χ4n) is 2.52. The predicted octanol–water partition coefficient (Wildman–Crippen LogP) is 3.38. The van der Waals surface area contributed by atoms with E-state index in [1.807, 2.05) is 42.1 Å². The summed E-state index contributed by atoms with van der Waals surface area (Å²) in [5.41, 5.74) is 1.03. The summed E-state index contributed by atoms with van der Waals surface area (Å²) in [7, 11) is 1.72. The summed E-state index contributed by atoms with van der Waals surface area (Å²) in [6.07, 6.45) is 3.35. The van der Waals surface area contributed by atoms with Crippen molar-refractivity contribution in [3.63, 3.8) is 0 Å². The first kappa shape index (κ1) is 15.5.